The number of amides is 2. The predicted molar refractivity (Wildman–Crippen MR) is 85.4 cm³/mol. The van der Waals surface area contributed by atoms with Crippen LogP contribution in [-0.2, 0) is 4.79 Å². The third-order valence-electron chi connectivity index (χ3n) is 4.27. The molecule has 0 aliphatic rings. The highest BCUT2D eigenvalue weighted by atomic mass is 16.4. The lowest BCUT2D eigenvalue weighted by atomic mass is 9.82. The number of urea groups is 1. The van der Waals surface area contributed by atoms with Crippen LogP contribution in [0.25, 0.3) is 0 Å². The van der Waals surface area contributed by atoms with Gasteiger partial charge in [-0.3, -0.25) is 4.79 Å². The molecular weight excluding hydrogens is 268 g/mol. The van der Waals surface area contributed by atoms with Gasteiger partial charge in [0, 0.05) is 19.1 Å². The number of carbonyl (C=O) groups is 2. The van der Waals surface area contributed by atoms with Crippen molar-refractivity contribution in [3.05, 3.63) is 0 Å². The first kappa shape index (κ1) is 19.7. The van der Waals surface area contributed by atoms with Crippen molar-refractivity contribution in [3.8, 4) is 0 Å². The van der Waals surface area contributed by atoms with E-state index in [9.17, 15) is 14.7 Å². The minimum absolute atomic E-state index is 0.115. The molecule has 0 aromatic rings. The lowest BCUT2D eigenvalue weighted by molar-refractivity contribution is -0.149. The van der Waals surface area contributed by atoms with Crippen molar-refractivity contribution in [2.75, 3.05) is 13.1 Å². The van der Waals surface area contributed by atoms with Gasteiger partial charge in [-0.05, 0) is 33.1 Å². The predicted octanol–water partition coefficient (Wildman–Crippen LogP) is 3.49. The fourth-order valence-corrected chi connectivity index (χ4v) is 2.35. The van der Waals surface area contributed by atoms with Gasteiger partial charge in [0.1, 0.15) is 0 Å². The van der Waals surface area contributed by atoms with Crippen molar-refractivity contribution in [1.82, 2.24) is 10.2 Å². The van der Waals surface area contributed by atoms with Crippen LogP contribution in [0.3, 0.4) is 0 Å². The Morgan fingerprint density at radius 2 is 1.71 bits per heavy atom. The molecule has 0 aromatic heterocycles. The third-order valence-corrected chi connectivity index (χ3v) is 4.27. The molecule has 5 heteroatoms. The van der Waals surface area contributed by atoms with Crippen LogP contribution in [0.4, 0.5) is 4.79 Å². The standard InChI is InChI=1S/C16H32N2O3/c1-6-9-10-11-18(13(4)5)15(21)17-12-16(7-2,8-3)14(19)20/h13H,6-12H2,1-5H3,(H,17,21)(H,19,20). The van der Waals surface area contributed by atoms with Crippen molar-refractivity contribution in [2.45, 2.75) is 72.8 Å². The highest BCUT2D eigenvalue weighted by Crippen LogP contribution is 2.25. The zero-order chi connectivity index (χ0) is 16.5. The van der Waals surface area contributed by atoms with Crippen LogP contribution in [0.2, 0.25) is 0 Å². The molecule has 0 heterocycles. The molecule has 5 nitrogen and oxygen atoms in total. The summed E-state index contributed by atoms with van der Waals surface area (Å²) < 4.78 is 0. The van der Waals surface area contributed by atoms with Crippen LogP contribution in [-0.4, -0.2) is 41.1 Å². The normalized spacial score (nSPS) is 11.5. The number of rotatable bonds is 10. The van der Waals surface area contributed by atoms with Crippen LogP contribution in [0, 0.1) is 5.41 Å². The summed E-state index contributed by atoms with van der Waals surface area (Å²) in [5, 5.41) is 12.2. The number of hydrogen-bond donors (Lipinski definition) is 2. The Labute approximate surface area is 129 Å². The Bertz CT molecular complexity index is 325. The van der Waals surface area contributed by atoms with Gasteiger partial charge in [0.2, 0.25) is 0 Å². The molecule has 0 unspecified atom stereocenters. The summed E-state index contributed by atoms with van der Waals surface area (Å²) >= 11 is 0. The van der Waals surface area contributed by atoms with Gasteiger partial charge < -0.3 is 15.3 Å². The summed E-state index contributed by atoms with van der Waals surface area (Å²) in [6, 6.07) is -0.0436. The Balaban J connectivity index is 4.64. The molecule has 124 valence electrons. The first-order chi connectivity index (χ1) is 9.84. The van der Waals surface area contributed by atoms with Gasteiger partial charge in [0.05, 0.1) is 5.41 Å². The summed E-state index contributed by atoms with van der Waals surface area (Å²) in [6.45, 7) is 10.7. The summed E-state index contributed by atoms with van der Waals surface area (Å²) in [7, 11) is 0. The van der Waals surface area contributed by atoms with Gasteiger partial charge in [0.25, 0.3) is 0 Å². The van der Waals surface area contributed by atoms with E-state index in [0.29, 0.717) is 12.8 Å². The molecule has 0 atom stereocenters. The minimum atomic E-state index is -0.859. The van der Waals surface area contributed by atoms with E-state index < -0.39 is 11.4 Å². The SMILES string of the molecule is CCCCCN(C(=O)NCC(CC)(CC)C(=O)O)C(C)C. The Kier molecular flexibility index (Phi) is 9.06. The van der Waals surface area contributed by atoms with Gasteiger partial charge in [0.15, 0.2) is 0 Å². The van der Waals surface area contributed by atoms with Crippen LogP contribution in [0.15, 0.2) is 0 Å². The topological polar surface area (TPSA) is 69.6 Å². The lowest BCUT2D eigenvalue weighted by Gasteiger charge is -2.31. The minimum Gasteiger partial charge on any atom is -0.481 e. The second-order valence-corrected chi connectivity index (χ2v) is 5.95. The van der Waals surface area contributed by atoms with Crippen molar-refractivity contribution in [3.63, 3.8) is 0 Å². The number of aliphatic carboxylic acids is 1. The van der Waals surface area contributed by atoms with E-state index in [1.807, 2.05) is 27.7 Å². The second kappa shape index (κ2) is 9.64. The Morgan fingerprint density at radius 1 is 1.14 bits per heavy atom. The largest absolute Gasteiger partial charge is 0.481 e. The molecule has 0 fully saturated rings. The zero-order valence-electron chi connectivity index (χ0n) is 14.2. The van der Waals surface area contributed by atoms with E-state index in [0.717, 1.165) is 25.8 Å². The van der Waals surface area contributed by atoms with E-state index in [1.54, 1.807) is 4.90 Å². The van der Waals surface area contributed by atoms with Crippen molar-refractivity contribution < 1.29 is 14.7 Å². The molecule has 0 saturated carbocycles. The fourth-order valence-electron chi connectivity index (χ4n) is 2.35. The third kappa shape index (κ3) is 5.94. The average Bonchev–Trinajstić information content (AvgIpc) is 2.44. The Morgan fingerprint density at radius 3 is 2.10 bits per heavy atom. The fraction of sp³-hybridized carbons (Fsp3) is 0.875. The van der Waals surface area contributed by atoms with Crippen LogP contribution in [0.5, 0.6) is 0 Å². The molecule has 21 heavy (non-hydrogen) atoms. The van der Waals surface area contributed by atoms with Crippen LogP contribution >= 0.6 is 0 Å². The van der Waals surface area contributed by atoms with E-state index >= 15 is 0 Å². The van der Waals surface area contributed by atoms with E-state index in [-0.39, 0.29) is 18.6 Å². The summed E-state index contributed by atoms with van der Waals surface area (Å²) in [5.41, 5.74) is -0.859. The number of unbranched alkanes of at least 4 members (excludes halogenated alkanes) is 2. The van der Waals surface area contributed by atoms with E-state index in [4.69, 9.17) is 0 Å². The number of carboxylic acids is 1. The number of carboxylic acid groups (broad SMARTS) is 1. The quantitative estimate of drug-likeness (QED) is 0.607. The number of nitrogens with one attached hydrogen (secondary N) is 1. The maximum atomic E-state index is 12.3. The summed E-state index contributed by atoms with van der Waals surface area (Å²) in [5.74, 6) is -0.838. The number of carbonyl (C=O) groups excluding carboxylic acids is 1. The molecule has 0 rings (SSSR count). The number of nitrogens with zero attached hydrogens (tertiary/aromatic N) is 1. The van der Waals surface area contributed by atoms with Crippen molar-refractivity contribution >= 4 is 12.0 Å². The highest BCUT2D eigenvalue weighted by Gasteiger charge is 2.35. The molecule has 0 radical (unpaired) electrons. The molecular formula is C16H32N2O3. The van der Waals surface area contributed by atoms with Crippen molar-refractivity contribution in [2.24, 2.45) is 5.41 Å². The average molecular weight is 300 g/mol. The van der Waals surface area contributed by atoms with E-state index in [2.05, 4.69) is 12.2 Å². The van der Waals surface area contributed by atoms with Gasteiger partial charge in [-0.15, -0.1) is 0 Å². The summed E-state index contributed by atoms with van der Waals surface area (Å²) in [4.78, 5) is 25.5. The monoisotopic (exact) mass is 300 g/mol. The smallest absolute Gasteiger partial charge is 0.317 e. The maximum Gasteiger partial charge on any atom is 0.317 e. The maximum absolute atomic E-state index is 12.3. The first-order valence-electron chi connectivity index (χ1n) is 8.12. The molecule has 0 aromatic carbocycles. The van der Waals surface area contributed by atoms with Gasteiger partial charge in [-0.25, -0.2) is 4.79 Å². The lowest BCUT2D eigenvalue weighted by Crippen LogP contribution is -2.49. The zero-order valence-corrected chi connectivity index (χ0v) is 14.2. The molecule has 0 aliphatic carbocycles. The molecule has 2 N–H and O–H groups in total. The first-order valence-corrected chi connectivity index (χ1v) is 8.12. The van der Waals surface area contributed by atoms with Gasteiger partial charge >= 0.3 is 12.0 Å². The van der Waals surface area contributed by atoms with Crippen LogP contribution < -0.4 is 5.32 Å². The molecule has 0 saturated heterocycles. The van der Waals surface area contributed by atoms with Gasteiger partial charge in [-0.2, -0.15) is 0 Å². The number of hydrogen-bond acceptors (Lipinski definition) is 2. The second-order valence-electron chi connectivity index (χ2n) is 5.95. The molecule has 0 aliphatic heterocycles. The molecule has 0 bridgehead atoms. The van der Waals surface area contributed by atoms with Crippen LogP contribution in [0.1, 0.15) is 66.7 Å². The summed E-state index contributed by atoms with van der Waals surface area (Å²) in [6.07, 6.45) is 4.21. The molecule has 2 amide bonds. The van der Waals surface area contributed by atoms with Gasteiger partial charge in [-0.1, -0.05) is 33.6 Å². The molecule has 0 spiro atoms. The van der Waals surface area contributed by atoms with E-state index in [1.165, 1.54) is 0 Å². The van der Waals surface area contributed by atoms with Crippen molar-refractivity contribution in [1.29, 1.82) is 0 Å². The highest BCUT2D eigenvalue weighted by molar-refractivity contribution is 5.78. The Hall–Kier alpha value is -1.26.